The van der Waals surface area contributed by atoms with Gasteiger partial charge in [-0.25, -0.2) is 0 Å². The molecule has 1 aliphatic carbocycles. The van der Waals surface area contributed by atoms with Crippen LogP contribution in [-0.4, -0.2) is 24.5 Å². The topological polar surface area (TPSA) is 41.1 Å². The fourth-order valence-corrected chi connectivity index (χ4v) is 3.08. The third-order valence-electron chi connectivity index (χ3n) is 4.25. The summed E-state index contributed by atoms with van der Waals surface area (Å²) in [6, 6.07) is 0.732. The van der Waals surface area contributed by atoms with Crippen molar-refractivity contribution >= 4 is 5.91 Å². The summed E-state index contributed by atoms with van der Waals surface area (Å²) in [7, 11) is 0. The van der Waals surface area contributed by atoms with Crippen molar-refractivity contribution in [2.24, 2.45) is 11.8 Å². The van der Waals surface area contributed by atoms with Crippen LogP contribution >= 0.6 is 0 Å². The molecule has 0 radical (unpaired) electrons. The summed E-state index contributed by atoms with van der Waals surface area (Å²) in [5.74, 6) is 1.19. The zero-order valence-corrected chi connectivity index (χ0v) is 10.5. The molecule has 0 spiro atoms. The van der Waals surface area contributed by atoms with E-state index in [1.54, 1.807) is 0 Å². The minimum absolute atomic E-state index is 0.293. The first-order valence-electron chi connectivity index (χ1n) is 6.72. The molecule has 0 aromatic heterocycles. The van der Waals surface area contributed by atoms with Crippen LogP contribution in [0.1, 0.15) is 46.0 Å². The second-order valence-electron chi connectivity index (χ2n) is 5.52. The first-order chi connectivity index (χ1) is 7.68. The van der Waals surface area contributed by atoms with E-state index in [0.29, 0.717) is 29.8 Å². The zero-order chi connectivity index (χ0) is 11.5. The minimum atomic E-state index is 0.293. The van der Waals surface area contributed by atoms with E-state index >= 15 is 0 Å². The van der Waals surface area contributed by atoms with E-state index in [4.69, 9.17) is 0 Å². The van der Waals surface area contributed by atoms with Crippen LogP contribution in [0.15, 0.2) is 0 Å². The summed E-state index contributed by atoms with van der Waals surface area (Å²) in [4.78, 5) is 12.1. The maximum atomic E-state index is 12.1. The van der Waals surface area contributed by atoms with Crippen LogP contribution in [-0.2, 0) is 4.79 Å². The monoisotopic (exact) mass is 224 g/mol. The molecule has 1 heterocycles. The van der Waals surface area contributed by atoms with Gasteiger partial charge in [0, 0.05) is 18.0 Å². The van der Waals surface area contributed by atoms with E-state index < -0.39 is 0 Å². The first kappa shape index (κ1) is 11.9. The summed E-state index contributed by atoms with van der Waals surface area (Å²) >= 11 is 0. The fraction of sp³-hybridized carbons (Fsp3) is 0.923. The van der Waals surface area contributed by atoms with Gasteiger partial charge in [-0.05, 0) is 38.6 Å². The molecule has 2 aliphatic rings. The summed E-state index contributed by atoms with van der Waals surface area (Å²) < 4.78 is 0. The molecule has 16 heavy (non-hydrogen) atoms. The van der Waals surface area contributed by atoms with Crippen LogP contribution in [0.4, 0.5) is 0 Å². The Morgan fingerprint density at radius 3 is 2.50 bits per heavy atom. The lowest BCUT2D eigenvalue weighted by Crippen LogP contribution is -2.56. The molecular formula is C13H24N2O. The van der Waals surface area contributed by atoms with Crippen LogP contribution in [0.5, 0.6) is 0 Å². The summed E-state index contributed by atoms with van der Waals surface area (Å²) in [6.07, 6.45) is 5.81. The highest BCUT2D eigenvalue weighted by molar-refractivity contribution is 5.79. The number of nitrogens with one attached hydrogen (secondary N) is 2. The molecule has 3 heteroatoms. The number of carbonyl (C=O) groups excluding carboxylic acids is 1. The van der Waals surface area contributed by atoms with Crippen LogP contribution < -0.4 is 10.6 Å². The predicted octanol–water partition coefficient (Wildman–Crippen LogP) is 1.68. The number of piperidine rings is 1. The van der Waals surface area contributed by atoms with Crippen molar-refractivity contribution in [2.75, 3.05) is 6.54 Å². The number of hydrogen-bond donors (Lipinski definition) is 2. The van der Waals surface area contributed by atoms with Gasteiger partial charge in [0.1, 0.15) is 0 Å². The number of rotatable bonds is 2. The number of hydrogen-bond acceptors (Lipinski definition) is 2. The molecule has 0 aromatic rings. The number of carbonyl (C=O) groups is 1. The van der Waals surface area contributed by atoms with Gasteiger partial charge in [0.25, 0.3) is 0 Å². The average Bonchev–Trinajstić information content (AvgIpc) is 2.76. The van der Waals surface area contributed by atoms with Crippen molar-refractivity contribution in [3.8, 4) is 0 Å². The summed E-state index contributed by atoms with van der Waals surface area (Å²) in [6.45, 7) is 5.50. The zero-order valence-electron chi connectivity index (χ0n) is 10.5. The van der Waals surface area contributed by atoms with E-state index in [9.17, 15) is 4.79 Å². The normalized spacial score (nSPS) is 36.2. The lowest BCUT2D eigenvalue weighted by molar-refractivity contribution is -0.126. The van der Waals surface area contributed by atoms with Crippen LogP contribution in [0.3, 0.4) is 0 Å². The largest absolute Gasteiger partial charge is 0.351 e. The molecule has 1 saturated carbocycles. The third kappa shape index (κ3) is 2.57. The van der Waals surface area contributed by atoms with Crippen molar-refractivity contribution < 1.29 is 4.79 Å². The SMILES string of the molecule is CC1CCNC(C)C1NC(=O)C1CCCC1. The van der Waals surface area contributed by atoms with Gasteiger partial charge in [-0.1, -0.05) is 19.8 Å². The minimum Gasteiger partial charge on any atom is -0.351 e. The molecule has 1 amide bonds. The van der Waals surface area contributed by atoms with Crippen LogP contribution in [0, 0.1) is 11.8 Å². The molecule has 1 aliphatic heterocycles. The van der Waals surface area contributed by atoms with Gasteiger partial charge in [-0.15, -0.1) is 0 Å². The Morgan fingerprint density at radius 2 is 1.88 bits per heavy atom. The molecule has 92 valence electrons. The lowest BCUT2D eigenvalue weighted by Gasteiger charge is -2.36. The quantitative estimate of drug-likeness (QED) is 0.749. The lowest BCUT2D eigenvalue weighted by atomic mass is 9.88. The summed E-state index contributed by atoms with van der Waals surface area (Å²) in [5.41, 5.74) is 0. The standard InChI is InChI=1S/C13H24N2O/c1-9-7-8-14-10(2)12(9)15-13(16)11-5-3-4-6-11/h9-12,14H,3-8H2,1-2H3,(H,15,16). The van der Waals surface area contributed by atoms with E-state index in [0.717, 1.165) is 19.4 Å². The molecule has 0 aromatic carbocycles. The average molecular weight is 224 g/mol. The fourth-order valence-electron chi connectivity index (χ4n) is 3.08. The Kier molecular flexibility index (Phi) is 3.85. The Morgan fingerprint density at radius 1 is 1.19 bits per heavy atom. The van der Waals surface area contributed by atoms with Gasteiger partial charge in [-0.3, -0.25) is 4.79 Å². The highest BCUT2D eigenvalue weighted by Gasteiger charge is 2.31. The van der Waals surface area contributed by atoms with Gasteiger partial charge in [0.2, 0.25) is 5.91 Å². The second-order valence-corrected chi connectivity index (χ2v) is 5.52. The summed E-state index contributed by atoms with van der Waals surface area (Å²) in [5, 5.41) is 6.70. The maximum Gasteiger partial charge on any atom is 0.223 e. The van der Waals surface area contributed by atoms with E-state index in [2.05, 4.69) is 24.5 Å². The Bertz CT molecular complexity index is 238. The molecule has 1 saturated heterocycles. The third-order valence-corrected chi connectivity index (χ3v) is 4.25. The van der Waals surface area contributed by atoms with E-state index in [1.807, 2.05) is 0 Å². The van der Waals surface area contributed by atoms with Crippen molar-refractivity contribution in [1.29, 1.82) is 0 Å². The van der Waals surface area contributed by atoms with Gasteiger partial charge in [-0.2, -0.15) is 0 Å². The van der Waals surface area contributed by atoms with Gasteiger partial charge >= 0.3 is 0 Å². The second kappa shape index (κ2) is 5.17. The Labute approximate surface area is 98.4 Å². The molecular weight excluding hydrogens is 200 g/mol. The smallest absolute Gasteiger partial charge is 0.223 e. The molecule has 3 atom stereocenters. The highest BCUT2D eigenvalue weighted by atomic mass is 16.2. The van der Waals surface area contributed by atoms with Gasteiger partial charge < -0.3 is 10.6 Å². The van der Waals surface area contributed by atoms with E-state index in [-0.39, 0.29) is 0 Å². The van der Waals surface area contributed by atoms with Crippen molar-refractivity contribution in [1.82, 2.24) is 10.6 Å². The van der Waals surface area contributed by atoms with Gasteiger partial charge in [0.15, 0.2) is 0 Å². The molecule has 0 bridgehead atoms. The van der Waals surface area contributed by atoms with Crippen molar-refractivity contribution in [3.05, 3.63) is 0 Å². The Hall–Kier alpha value is -0.570. The van der Waals surface area contributed by atoms with Crippen LogP contribution in [0.25, 0.3) is 0 Å². The highest BCUT2D eigenvalue weighted by Crippen LogP contribution is 2.25. The first-order valence-corrected chi connectivity index (χ1v) is 6.72. The predicted molar refractivity (Wildman–Crippen MR) is 65.1 cm³/mol. The van der Waals surface area contributed by atoms with Crippen molar-refractivity contribution in [3.63, 3.8) is 0 Å². The van der Waals surface area contributed by atoms with Crippen LogP contribution in [0.2, 0.25) is 0 Å². The van der Waals surface area contributed by atoms with Crippen molar-refractivity contribution in [2.45, 2.75) is 58.0 Å². The maximum absolute atomic E-state index is 12.1. The number of amides is 1. The van der Waals surface area contributed by atoms with E-state index in [1.165, 1.54) is 19.3 Å². The van der Waals surface area contributed by atoms with Gasteiger partial charge in [0.05, 0.1) is 0 Å². The molecule has 3 nitrogen and oxygen atoms in total. The Balaban J connectivity index is 1.88. The molecule has 3 unspecified atom stereocenters. The molecule has 2 N–H and O–H groups in total. The molecule has 2 fully saturated rings. The molecule has 2 rings (SSSR count).